The second-order valence-electron chi connectivity index (χ2n) is 6.77. The first kappa shape index (κ1) is 23.4. The van der Waals surface area contributed by atoms with E-state index in [0.29, 0.717) is 19.7 Å². The van der Waals surface area contributed by atoms with Crippen LogP contribution in [0.3, 0.4) is 0 Å². The van der Waals surface area contributed by atoms with E-state index in [1.807, 2.05) is 13.8 Å². The maximum atomic E-state index is 12.2. The van der Waals surface area contributed by atoms with Gasteiger partial charge in [-0.3, -0.25) is 19.2 Å². The zero-order valence-corrected chi connectivity index (χ0v) is 17.3. The molecule has 0 bridgehead atoms. The first-order chi connectivity index (χ1) is 12.5. The van der Waals surface area contributed by atoms with Crippen LogP contribution in [0.5, 0.6) is 0 Å². The van der Waals surface area contributed by atoms with Gasteiger partial charge in [-0.25, -0.2) is 0 Å². The van der Waals surface area contributed by atoms with Crippen LogP contribution in [0, 0.1) is 19.8 Å². The molecule has 1 amide bonds. The molecule has 8 nitrogen and oxygen atoms in total. The number of carbonyl (C=O) groups is 2. The number of rotatable bonds is 8. The van der Waals surface area contributed by atoms with Gasteiger partial charge in [0.2, 0.25) is 5.91 Å². The number of piperidine rings is 1. The molecule has 27 heavy (non-hydrogen) atoms. The van der Waals surface area contributed by atoms with Crippen molar-refractivity contribution in [1.82, 2.24) is 20.0 Å². The van der Waals surface area contributed by atoms with Crippen molar-refractivity contribution < 1.29 is 14.3 Å². The van der Waals surface area contributed by atoms with E-state index in [2.05, 4.69) is 15.3 Å². The number of amides is 1. The van der Waals surface area contributed by atoms with Gasteiger partial charge in [-0.05, 0) is 40.2 Å². The maximum absolute atomic E-state index is 12.2. The van der Waals surface area contributed by atoms with Gasteiger partial charge in [0.1, 0.15) is 6.54 Å². The number of hydrogen-bond acceptors (Lipinski definition) is 6. The molecule has 1 saturated heterocycles. The molecule has 0 radical (unpaired) electrons. The Bertz CT molecular complexity index is 635. The highest BCUT2D eigenvalue weighted by atomic mass is 35.5. The number of likely N-dealkylation sites (tertiary alicyclic amines) is 1. The maximum Gasteiger partial charge on any atom is 0.327 e. The predicted octanol–water partition coefficient (Wildman–Crippen LogP) is 0.772. The van der Waals surface area contributed by atoms with Gasteiger partial charge in [-0.1, -0.05) is 0 Å². The van der Waals surface area contributed by atoms with Gasteiger partial charge in [0.15, 0.2) is 0 Å². The second-order valence-corrected chi connectivity index (χ2v) is 6.77. The minimum absolute atomic E-state index is 0. The van der Waals surface area contributed by atoms with Crippen LogP contribution < -0.4 is 11.1 Å². The molecule has 0 spiro atoms. The highest BCUT2D eigenvalue weighted by molar-refractivity contribution is 5.85. The van der Waals surface area contributed by atoms with E-state index in [0.717, 1.165) is 49.4 Å². The van der Waals surface area contributed by atoms with E-state index in [1.54, 1.807) is 11.6 Å². The molecular formula is C18H32ClN5O3. The van der Waals surface area contributed by atoms with Gasteiger partial charge >= 0.3 is 5.97 Å². The zero-order valence-electron chi connectivity index (χ0n) is 16.5. The van der Waals surface area contributed by atoms with E-state index in [9.17, 15) is 9.59 Å². The van der Waals surface area contributed by atoms with Crippen LogP contribution in [-0.2, 0) is 27.4 Å². The van der Waals surface area contributed by atoms with Crippen LogP contribution in [0.15, 0.2) is 0 Å². The topological polar surface area (TPSA) is 102 Å². The Hall–Kier alpha value is -1.64. The monoisotopic (exact) mass is 401 g/mol. The van der Waals surface area contributed by atoms with Crippen LogP contribution in [0.2, 0.25) is 0 Å². The Kier molecular flexibility index (Phi) is 9.76. The largest absolute Gasteiger partial charge is 0.465 e. The van der Waals surface area contributed by atoms with Crippen LogP contribution >= 0.6 is 12.4 Å². The average Bonchev–Trinajstić information content (AvgIpc) is 2.87. The van der Waals surface area contributed by atoms with Gasteiger partial charge < -0.3 is 15.8 Å². The molecule has 154 valence electrons. The molecular weight excluding hydrogens is 370 g/mol. The van der Waals surface area contributed by atoms with Crippen molar-refractivity contribution in [2.75, 3.05) is 32.8 Å². The molecule has 2 heterocycles. The zero-order chi connectivity index (χ0) is 19.1. The molecule has 1 aromatic rings. The summed E-state index contributed by atoms with van der Waals surface area (Å²) in [6, 6.07) is 0. The van der Waals surface area contributed by atoms with Gasteiger partial charge in [0.25, 0.3) is 0 Å². The highest BCUT2D eigenvalue weighted by Gasteiger charge is 2.27. The lowest BCUT2D eigenvalue weighted by Gasteiger charge is -2.32. The summed E-state index contributed by atoms with van der Waals surface area (Å²) < 4.78 is 6.72. The molecule has 1 aliphatic rings. The predicted molar refractivity (Wildman–Crippen MR) is 106 cm³/mol. The summed E-state index contributed by atoms with van der Waals surface area (Å²) in [6.45, 7) is 9.64. The van der Waals surface area contributed by atoms with Gasteiger partial charge in [-0.2, -0.15) is 5.10 Å². The number of aryl methyl sites for hydroxylation is 1. The smallest absolute Gasteiger partial charge is 0.327 e. The molecule has 9 heteroatoms. The van der Waals surface area contributed by atoms with Crippen molar-refractivity contribution in [2.45, 2.75) is 46.7 Å². The molecule has 1 aromatic heterocycles. The van der Waals surface area contributed by atoms with Crippen molar-refractivity contribution in [3.05, 3.63) is 17.0 Å². The van der Waals surface area contributed by atoms with Gasteiger partial charge in [0, 0.05) is 37.4 Å². The van der Waals surface area contributed by atoms with Gasteiger partial charge in [-0.15, -0.1) is 12.4 Å². The third-order valence-electron chi connectivity index (χ3n) is 4.82. The first-order valence-corrected chi connectivity index (χ1v) is 9.34. The van der Waals surface area contributed by atoms with Crippen molar-refractivity contribution in [3.8, 4) is 0 Å². The minimum Gasteiger partial charge on any atom is -0.465 e. The lowest BCUT2D eigenvalue weighted by molar-refractivity contribution is -0.144. The quantitative estimate of drug-likeness (QED) is 0.624. The normalized spacial score (nSPS) is 17.3. The molecule has 0 aromatic carbocycles. The highest BCUT2D eigenvalue weighted by Crippen LogP contribution is 2.22. The lowest BCUT2D eigenvalue weighted by Crippen LogP contribution is -2.43. The summed E-state index contributed by atoms with van der Waals surface area (Å²) in [6.07, 6.45) is 1.91. The second kappa shape index (κ2) is 11.3. The SMILES string of the molecule is CCOC(=O)Cn1nc(C)c(CN2CCCC(C(=O)NCCN)C2)c1C.Cl. The summed E-state index contributed by atoms with van der Waals surface area (Å²) in [5, 5.41) is 7.38. The summed E-state index contributed by atoms with van der Waals surface area (Å²) in [7, 11) is 0. The van der Waals surface area contributed by atoms with Crippen molar-refractivity contribution in [1.29, 1.82) is 0 Å². The summed E-state index contributed by atoms with van der Waals surface area (Å²) in [5.74, 6) is -0.184. The number of aromatic nitrogens is 2. The number of esters is 1. The van der Waals surface area contributed by atoms with E-state index < -0.39 is 0 Å². The standard InChI is InChI=1S/C18H31N5O3.ClH/c1-4-26-17(24)12-23-14(3)16(13(2)21-23)11-22-9-5-6-15(10-22)18(25)20-8-7-19;/h15H,4-12,19H2,1-3H3,(H,20,25);1H. The van der Waals surface area contributed by atoms with Crippen LogP contribution in [-0.4, -0.2) is 59.3 Å². The summed E-state index contributed by atoms with van der Waals surface area (Å²) >= 11 is 0. The number of carbonyl (C=O) groups excluding carboxylic acids is 2. The molecule has 0 aliphatic carbocycles. The minimum atomic E-state index is -0.278. The fourth-order valence-corrected chi connectivity index (χ4v) is 3.42. The van der Waals surface area contributed by atoms with Gasteiger partial charge in [0.05, 0.1) is 18.2 Å². The van der Waals surface area contributed by atoms with Crippen molar-refractivity contribution >= 4 is 24.3 Å². The average molecular weight is 402 g/mol. The number of nitrogens with zero attached hydrogens (tertiary/aromatic N) is 3. The number of halogens is 1. The Balaban J connectivity index is 0.00000364. The molecule has 1 atom stereocenters. The Morgan fingerprint density at radius 3 is 2.78 bits per heavy atom. The van der Waals surface area contributed by atoms with Crippen LogP contribution in [0.4, 0.5) is 0 Å². The molecule has 1 unspecified atom stereocenters. The third kappa shape index (κ3) is 6.48. The molecule has 2 rings (SSSR count). The third-order valence-corrected chi connectivity index (χ3v) is 4.82. The van der Waals surface area contributed by atoms with Crippen LogP contribution in [0.1, 0.15) is 36.7 Å². The Morgan fingerprint density at radius 2 is 2.11 bits per heavy atom. The fraction of sp³-hybridized carbons (Fsp3) is 0.722. The van der Waals surface area contributed by atoms with Crippen molar-refractivity contribution in [2.24, 2.45) is 11.7 Å². The molecule has 0 saturated carbocycles. The number of nitrogens with one attached hydrogen (secondary N) is 1. The van der Waals surface area contributed by atoms with Crippen LogP contribution in [0.25, 0.3) is 0 Å². The fourth-order valence-electron chi connectivity index (χ4n) is 3.42. The number of hydrogen-bond donors (Lipinski definition) is 2. The molecule has 3 N–H and O–H groups in total. The summed E-state index contributed by atoms with van der Waals surface area (Å²) in [5.41, 5.74) is 8.48. The number of nitrogens with two attached hydrogens (primary N) is 1. The summed E-state index contributed by atoms with van der Waals surface area (Å²) in [4.78, 5) is 26.2. The first-order valence-electron chi connectivity index (χ1n) is 9.34. The lowest BCUT2D eigenvalue weighted by atomic mass is 9.96. The van der Waals surface area contributed by atoms with E-state index in [-0.39, 0.29) is 36.7 Å². The Morgan fingerprint density at radius 1 is 1.37 bits per heavy atom. The Labute approximate surface area is 167 Å². The van der Waals surface area contributed by atoms with E-state index >= 15 is 0 Å². The number of ether oxygens (including phenoxy) is 1. The van der Waals surface area contributed by atoms with E-state index in [1.165, 1.54) is 0 Å². The van der Waals surface area contributed by atoms with Crippen molar-refractivity contribution in [3.63, 3.8) is 0 Å². The molecule has 1 aliphatic heterocycles. The molecule has 1 fully saturated rings. The van der Waals surface area contributed by atoms with E-state index in [4.69, 9.17) is 10.5 Å².